The monoisotopic (exact) mass is 362 g/mol. The third-order valence-corrected chi connectivity index (χ3v) is 4.17. The summed E-state index contributed by atoms with van der Waals surface area (Å²) < 4.78 is 5.30. The SMILES string of the molecule is CCc1ccc(O)cc1.CCc1ccc(OC(=O)c2ccc(C)cc2)cc1. The van der Waals surface area contributed by atoms with Gasteiger partial charge in [0.2, 0.25) is 0 Å². The molecule has 0 heterocycles. The van der Waals surface area contributed by atoms with Crippen LogP contribution in [0.5, 0.6) is 11.5 Å². The lowest BCUT2D eigenvalue weighted by atomic mass is 10.1. The molecule has 0 aliphatic heterocycles. The first-order chi connectivity index (χ1) is 13.0. The molecule has 0 aliphatic rings. The average Bonchev–Trinajstić information content (AvgIpc) is 2.70. The highest BCUT2D eigenvalue weighted by Crippen LogP contribution is 2.15. The van der Waals surface area contributed by atoms with Crippen LogP contribution in [0.4, 0.5) is 0 Å². The normalized spacial score (nSPS) is 9.89. The van der Waals surface area contributed by atoms with Gasteiger partial charge in [0.05, 0.1) is 5.56 Å². The van der Waals surface area contributed by atoms with Crippen molar-refractivity contribution in [3.8, 4) is 11.5 Å². The summed E-state index contributed by atoms with van der Waals surface area (Å²) in [6.07, 6.45) is 2.01. The Morgan fingerprint density at radius 1 is 0.778 bits per heavy atom. The predicted octanol–water partition coefficient (Wildman–Crippen LogP) is 5.73. The zero-order chi connectivity index (χ0) is 19.6. The summed E-state index contributed by atoms with van der Waals surface area (Å²) in [6.45, 7) is 6.16. The predicted molar refractivity (Wildman–Crippen MR) is 109 cm³/mol. The van der Waals surface area contributed by atoms with E-state index in [-0.39, 0.29) is 5.97 Å². The molecule has 3 aromatic rings. The number of aryl methyl sites for hydroxylation is 3. The lowest BCUT2D eigenvalue weighted by Gasteiger charge is -2.05. The van der Waals surface area contributed by atoms with Gasteiger partial charge in [0.15, 0.2) is 0 Å². The topological polar surface area (TPSA) is 46.5 Å². The lowest BCUT2D eigenvalue weighted by molar-refractivity contribution is 0.0734. The summed E-state index contributed by atoms with van der Waals surface area (Å²) in [6, 6.07) is 22.2. The minimum absolute atomic E-state index is 0.320. The molecule has 0 aromatic heterocycles. The summed E-state index contributed by atoms with van der Waals surface area (Å²) in [4.78, 5) is 11.9. The van der Waals surface area contributed by atoms with Crippen LogP contribution in [0.25, 0.3) is 0 Å². The van der Waals surface area contributed by atoms with Crippen molar-refractivity contribution in [3.63, 3.8) is 0 Å². The first-order valence-corrected chi connectivity index (χ1v) is 9.17. The highest BCUT2D eigenvalue weighted by Gasteiger charge is 2.07. The van der Waals surface area contributed by atoms with Gasteiger partial charge in [-0.2, -0.15) is 0 Å². The zero-order valence-corrected chi connectivity index (χ0v) is 16.1. The Balaban J connectivity index is 0.000000244. The van der Waals surface area contributed by atoms with Gasteiger partial charge in [-0.3, -0.25) is 0 Å². The first-order valence-electron chi connectivity index (χ1n) is 9.17. The van der Waals surface area contributed by atoms with Crippen LogP contribution < -0.4 is 4.74 Å². The van der Waals surface area contributed by atoms with Crippen molar-refractivity contribution in [3.05, 3.63) is 95.1 Å². The quantitative estimate of drug-likeness (QED) is 0.476. The molecule has 0 atom stereocenters. The van der Waals surface area contributed by atoms with Gasteiger partial charge in [-0.25, -0.2) is 4.79 Å². The Morgan fingerprint density at radius 3 is 1.74 bits per heavy atom. The smallest absolute Gasteiger partial charge is 0.343 e. The molecule has 0 amide bonds. The van der Waals surface area contributed by atoms with Crippen LogP contribution in [0, 0.1) is 6.92 Å². The molecule has 27 heavy (non-hydrogen) atoms. The minimum Gasteiger partial charge on any atom is -0.508 e. The maximum atomic E-state index is 11.9. The zero-order valence-electron chi connectivity index (χ0n) is 16.1. The molecule has 0 radical (unpaired) electrons. The fourth-order valence-electron chi connectivity index (χ4n) is 2.38. The van der Waals surface area contributed by atoms with Gasteiger partial charge in [0.25, 0.3) is 0 Å². The number of aromatic hydroxyl groups is 1. The van der Waals surface area contributed by atoms with Crippen molar-refractivity contribution < 1.29 is 14.6 Å². The van der Waals surface area contributed by atoms with Crippen LogP contribution in [-0.4, -0.2) is 11.1 Å². The van der Waals surface area contributed by atoms with Gasteiger partial charge < -0.3 is 9.84 Å². The first kappa shape index (κ1) is 20.2. The number of carbonyl (C=O) groups is 1. The van der Waals surface area contributed by atoms with Gasteiger partial charge in [0, 0.05) is 0 Å². The number of carbonyl (C=O) groups excluding carboxylic acids is 1. The molecule has 0 aliphatic carbocycles. The van der Waals surface area contributed by atoms with Crippen LogP contribution in [-0.2, 0) is 12.8 Å². The molecule has 140 valence electrons. The molecular formula is C24H26O3. The summed E-state index contributed by atoms with van der Waals surface area (Å²) >= 11 is 0. The maximum absolute atomic E-state index is 11.9. The number of phenolic OH excluding ortho intramolecular Hbond substituents is 1. The van der Waals surface area contributed by atoms with Gasteiger partial charge in [-0.05, 0) is 67.3 Å². The maximum Gasteiger partial charge on any atom is 0.343 e. The van der Waals surface area contributed by atoms with E-state index in [1.54, 1.807) is 24.3 Å². The van der Waals surface area contributed by atoms with Gasteiger partial charge in [-0.15, -0.1) is 0 Å². The summed E-state index contributed by atoms with van der Waals surface area (Å²) in [5, 5.41) is 8.85. The van der Waals surface area contributed by atoms with Gasteiger partial charge in [-0.1, -0.05) is 55.8 Å². The van der Waals surface area contributed by atoms with E-state index in [0.29, 0.717) is 17.1 Å². The molecular weight excluding hydrogens is 336 g/mol. The molecule has 0 saturated carbocycles. The Labute approximate surface area is 161 Å². The van der Waals surface area contributed by atoms with Crippen molar-refractivity contribution in [2.75, 3.05) is 0 Å². The van der Waals surface area contributed by atoms with E-state index in [9.17, 15) is 4.79 Å². The van der Waals surface area contributed by atoms with Crippen LogP contribution in [0.15, 0.2) is 72.8 Å². The second kappa shape index (κ2) is 10.2. The molecule has 3 nitrogen and oxygen atoms in total. The largest absolute Gasteiger partial charge is 0.508 e. The fourth-order valence-corrected chi connectivity index (χ4v) is 2.38. The number of esters is 1. The van der Waals surface area contributed by atoms with E-state index in [1.807, 2.05) is 55.5 Å². The molecule has 3 heteroatoms. The Kier molecular flexibility index (Phi) is 7.63. The Hall–Kier alpha value is -3.07. The van der Waals surface area contributed by atoms with Gasteiger partial charge in [0.1, 0.15) is 11.5 Å². The van der Waals surface area contributed by atoms with E-state index in [0.717, 1.165) is 18.4 Å². The van der Waals surface area contributed by atoms with Crippen molar-refractivity contribution in [2.24, 2.45) is 0 Å². The molecule has 0 unspecified atom stereocenters. The Bertz CT molecular complexity index is 832. The number of phenols is 1. The number of ether oxygens (including phenoxy) is 1. The van der Waals surface area contributed by atoms with E-state index >= 15 is 0 Å². The summed E-state index contributed by atoms with van der Waals surface area (Å²) in [7, 11) is 0. The standard InChI is InChI=1S/C16H16O2.C8H10O/c1-3-13-6-10-15(11-7-13)18-16(17)14-8-4-12(2)5-9-14;1-2-7-3-5-8(9)6-4-7/h4-11H,3H2,1-2H3;3-6,9H,2H2,1H3. The highest BCUT2D eigenvalue weighted by atomic mass is 16.5. The van der Waals surface area contributed by atoms with Crippen LogP contribution in [0.2, 0.25) is 0 Å². The number of benzene rings is 3. The highest BCUT2D eigenvalue weighted by molar-refractivity contribution is 5.91. The third-order valence-electron chi connectivity index (χ3n) is 4.17. The van der Waals surface area contributed by atoms with Crippen molar-refractivity contribution in [2.45, 2.75) is 33.6 Å². The lowest BCUT2D eigenvalue weighted by Crippen LogP contribution is -2.08. The van der Waals surface area contributed by atoms with Crippen molar-refractivity contribution in [1.29, 1.82) is 0 Å². The van der Waals surface area contributed by atoms with Crippen molar-refractivity contribution in [1.82, 2.24) is 0 Å². The molecule has 0 saturated heterocycles. The molecule has 0 spiro atoms. The minimum atomic E-state index is -0.320. The summed E-state index contributed by atoms with van der Waals surface area (Å²) in [5.74, 6) is 0.601. The van der Waals surface area contributed by atoms with E-state index < -0.39 is 0 Å². The molecule has 0 bridgehead atoms. The van der Waals surface area contributed by atoms with Crippen molar-refractivity contribution >= 4 is 5.97 Å². The van der Waals surface area contributed by atoms with E-state index in [2.05, 4.69) is 13.8 Å². The summed E-state index contributed by atoms with van der Waals surface area (Å²) in [5.41, 5.74) is 4.18. The second-order valence-corrected chi connectivity index (χ2v) is 6.27. The fraction of sp³-hybridized carbons (Fsp3) is 0.208. The molecule has 3 aromatic carbocycles. The van der Waals surface area contributed by atoms with Crippen LogP contribution in [0.3, 0.4) is 0 Å². The average molecular weight is 362 g/mol. The Morgan fingerprint density at radius 2 is 1.26 bits per heavy atom. The number of rotatable bonds is 4. The molecule has 3 rings (SSSR count). The number of hydrogen-bond acceptors (Lipinski definition) is 3. The third kappa shape index (κ3) is 6.63. The molecule has 0 fully saturated rings. The van der Waals surface area contributed by atoms with E-state index in [4.69, 9.17) is 9.84 Å². The van der Waals surface area contributed by atoms with Crippen LogP contribution >= 0.6 is 0 Å². The molecule has 1 N–H and O–H groups in total. The van der Waals surface area contributed by atoms with E-state index in [1.165, 1.54) is 11.1 Å². The second-order valence-electron chi connectivity index (χ2n) is 6.27. The van der Waals surface area contributed by atoms with Crippen LogP contribution in [0.1, 0.15) is 40.9 Å². The van der Waals surface area contributed by atoms with Gasteiger partial charge >= 0.3 is 5.97 Å². The number of hydrogen-bond donors (Lipinski definition) is 1.